The molecule has 0 amide bonds. The van der Waals surface area contributed by atoms with Crippen molar-refractivity contribution < 1.29 is 94.7 Å². The lowest BCUT2D eigenvalue weighted by Crippen LogP contribution is -2.75. The second-order valence-corrected chi connectivity index (χ2v) is 30.5. The molecule has 0 atom stereocenters. The highest BCUT2D eigenvalue weighted by molar-refractivity contribution is 4.99. The Morgan fingerprint density at radius 2 is 0.443 bits per heavy atom. The van der Waals surface area contributed by atoms with Gasteiger partial charge in [-0.25, -0.2) is 0 Å². The third kappa shape index (κ3) is 60.1. The molecule has 0 aliphatic carbocycles. The van der Waals surface area contributed by atoms with Crippen molar-refractivity contribution in [2.45, 2.75) is 204 Å². The summed E-state index contributed by atoms with van der Waals surface area (Å²) in [7, 11) is 0. The zero-order chi connectivity index (χ0) is 72.7. The Morgan fingerprint density at radius 1 is 0.216 bits per heavy atom. The van der Waals surface area contributed by atoms with Crippen LogP contribution in [0.25, 0.3) is 0 Å². The molecule has 0 heterocycles. The van der Waals surface area contributed by atoms with E-state index in [1.165, 1.54) is 0 Å². The fourth-order valence-electron chi connectivity index (χ4n) is 10.4. The average molecular weight is 1410 g/mol. The Balaban J connectivity index is 5.96. The van der Waals surface area contributed by atoms with E-state index < -0.39 is 17.0 Å². The maximum absolute atomic E-state index is 6.42. The standard InChI is InChI=1S/C73H152N4O20/c1-66(2,3)65-94-58-57-90-54-53-89-52-51-88-50-49-86-48-44-85-36-28-77(72(18,19)75(67(4,5)6)26-34-83-43-47-87-55-56-93-61-64-97-70(13,14)15)73(20,21)76(27-35-84-42-38-80-31-24-32-81-40-46-92-60-63-96-69(10,11)12)71(16,17)74-25-33-82-41-37-78-29-22-23-30-79-39-45-91-59-62-95-68(7,8)9/h74H,22-65H2,1-21H3. The van der Waals surface area contributed by atoms with Gasteiger partial charge in [-0.1, -0.05) is 20.8 Å². The molecule has 0 bridgehead atoms. The number of nitrogens with zero attached hydrogens (tertiary/aromatic N) is 3. The third-order valence-corrected chi connectivity index (χ3v) is 14.6. The molecule has 0 aromatic rings. The average Bonchev–Trinajstić information content (AvgIpc) is 0.751. The van der Waals surface area contributed by atoms with Gasteiger partial charge in [0.1, 0.15) is 0 Å². The molecule has 584 valence electrons. The molecular weight excluding hydrogens is 1250 g/mol. The number of nitrogens with one attached hydrogen (secondary N) is 1. The third-order valence-electron chi connectivity index (χ3n) is 14.6. The van der Waals surface area contributed by atoms with E-state index in [1.807, 2.05) is 62.3 Å². The van der Waals surface area contributed by atoms with Crippen LogP contribution in [0.15, 0.2) is 0 Å². The van der Waals surface area contributed by atoms with Crippen LogP contribution in [0.5, 0.6) is 0 Å². The summed E-state index contributed by atoms with van der Waals surface area (Å²) >= 11 is 0. The predicted molar refractivity (Wildman–Crippen MR) is 384 cm³/mol. The molecule has 1 N–H and O–H groups in total. The van der Waals surface area contributed by atoms with Crippen LogP contribution in [-0.2, 0) is 94.7 Å². The molecule has 97 heavy (non-hydrogen) atoms. The fourth-order valence-corrected chi connectivity index (χ4v) is 10.4. The van der Waals surface area contributed by atoms with Crippen molar-refractivity contribution in [2.75, 3.05) is 271 Å². The van der Waals surface area contributed by atoms with E-state index in [-0.39, 0.29) is 27.8 Å². The highest BCUT2D eigenvalue weighted by Crippen LogP contribution is 2.37. The Morgan fingerprint density at radius 3 is 0.732 bits per heavy atom. The summed E-state index contributed by atoms with van der Waals surface area (Å²) in [4.78, 5) is 7.61. The Hall–Kier alpha value is -0.960. The first-order valence-corrected chi connectivity index (χ1v) is 36.5. The normalized spacial score (nSPS) is 13.5. The number of hydrogen-bond acceptors (Lipinski definition) is 24. The molecule has 0 aliphatic heterocycles. The van der Waals surface area contributed by atoms with Crippen LogP contribution < -0.4 is 5.32 Å². The van der Waals surface area contributed by atoms with Crippen LogP contribution in [0.4, 0.5) is 0 Å². The van der Waals surface area contributed by atoms with Crippen molar-refractivity contribution in [3.8, 4) is 0 Å². The summed E-state index contributed by atoms with van der Waals surface area (Å²) in [5.41, 5.74) is -2.33. The van der Waals surface area contributed by atoms with Crippen molar-refractivity contribution in [3.05, 3.63) is 0 Å². The minimum Gasteiger partial charge on any atom is -0.379 e. The van der Waals surface area contributed by atoms with E-state index >= 15 is 0 Å². The van der Waals surface area contributed by atoms with Crippen molar-refractivity contribution in [1.29, 1.82) is 0 Å². The highest BCUT2D eigenvalue weighted by Gasteiger charge is 2.50. The van der Waals surface area contributed by atoms with Crippen molar-refractivity contribution in [2.24, 2.45) is 5.41 Å². The van der Waals surface area contributed by atoms with Gasteiger partial charge >= 0.3 is 0 Å². The first kappa shape index (κ1) is 96.0. The minimum atomic E-state index is -0.603. The van der Waals surface area contributed by atoms with Gasteiger partial charge in [0.2, 0.25) is 0 Å². The van der Waals surface area contributed by atoms with E-state index in [1.54, 1.807) is 0 Å². The number of hydrogen-bond donors (Lipinski definition) is 1. The molecule has 24 nitrogen and oxygen atoms in total. The van der Waals surface area contributed by atoms with E-state index in [0.717, 1.165) is 19.3 Å². The van der Waals surface area contributed by atoms with Gasteiger partial charge in [0, 0.05) is 58.1 Å². The van der Waals surface area contributed by atoms with Gasteiger partial charge < -0.3 is 94.7 Å². The van der Waals surface area contributed by atoms with Gasteiger partial charge in [0.05, 0.1) is 252 Å². The van der Waals surface area contributed by atoms with Crippen LogP contribution in [-0.4, -0.2) is 325 Å². The van der Waals surface area contributed by atoms with Crippen LogP contribution in [0.1, 0.15) is 165 Å². The van der Waals surface area contributed by atoms with E-state index in [4.69, 9.17) is 94.7 Å². The van der Waals surface area contributed by atoms with Crippen molar-refractivity contribution in [3.63, 3.8) is 0 Å². The molecule has 0 aromatic heterocycles. The molecular formula is C73H152N4O20. The largest absolute Gasteiger partial charge is 0.379 e. The van der Waals surface area contributed by atoms with Gasteiger partial charge in [0.15, 0.2) is 0 Å². The zero-order valence-electron chi connectivity index (χ0n) is 66.1. The maximum Gasteiger partial charge on any atom is 0.0711 e. The molecule has 0 saturated heterocycles. The predicted octanol–water partition coefficient (Wildman–Crippen LogP) is 9.43. The van der Waals surface area contributed by atoms with Gasteiger partial charge in [0.25, 0.3) is 0 Å². The highest BCUT2D eigenvalue weighted by atomic mass is 16.6. The molecule has 0 unspecified atom stereocenters. The summed E-state index contributed by atoms with van der Waals surface area (Å²) < 4.78 is 117. The molecule has 0 spiro atoms. The van der Waals surface area contributed by atoms with Crippen molar-refractivity contribution in [1.82, 2.24) is 20.0 Å². The van der Waals surface area contributed by atoms with Crippen LogP contribution >= 0.6 is 0 Å². The molecule has 0 rings (SSSR count). The fraction of sp³-hybridized carbons (Fsp3) is 1.00. The lowest BCUT2D eigenvalue weighted by molar-refractivity contribution is -0.197. The summed E-state index contributed by atoms with van der Waals surface area (Å²) in [5, 5.41) is 3.87. The lowest BCUT2D eigenvalue weighted by atomic mass is 9.95. The molecule has 24 heteroatoms. The monoisotopic (exact) mass is 1410 g/mol. The minimum absolute atomic E-state index is 0.145. The smallest absolute Gasteiger partial charge is 0.0711 e. The maximum atomic E-state index is 6.42. The Labute approximate surface area is 592 Å². The molecule has 0 aliphatic rings. The van der Waals surface area contributed by atoms with Crippen LogP contribution in [0.3, 0.4) is 0 Å². The first-order chi connectivity index (χ1) is 45.7. The summed E-state index contributed by atoms with van der Waals surface area (Å²) in [5.74, 6) is 0. The number of unbranched alkanes of at least 4 members (excludes halogenated alkanes) is 1. The quantitative estimate of drug-likeness (QED) is 0.0444. The second-order valence-electron chi connectivity index (χ2n) is 30.5. The van der Waals surface area contributed by atoms with E-state index in [2.05, 4.69) is 103 Å². The molecule has 0 fully saturated rings. The van der Waals surface area contributed by atoms with Crippen molar-refractivity contribution >= 4 is 0 Å². The Bertz CT molecular complexity index is 1730. The lowest BCUT2D eigenvalue weighted by Gasteiger charge is -2.61. The number of ether oxygens (including phenoxy) is 20. The number of rotatable bonds is 70. The van der Waals surface area contributed by atoms with Gasteiger partial charge in [-0.2, -0.15) is 0 Å². The summed E-state index contributed by atoms with van der Waals surface area (Å²) in [6, 6.07) is 0. The van der Waals surface area contributed by atoms with Crippen LogP contribution in [0.2, 0.25) is 0 Å². The van der Waals surface area contributed by atoms with Gasteiger partial charge in [-0.15, -0.1) is 0 Å². The topological polar surface area (TPSA) is 206 Å². The molecule has 0 aromatic carbocycles. The molecule has 0 saturated carbocycles. The first-order valence-electron chi connectivity index (χ1n) is 36.5. The zero-order valence-corrected chi connectivity index (χ0v) is 66.1. The second kappa shape index (κ2) is 57.4. The summed E-state index contributed by atoms with van der Waals surface area (Å²) in [6.07, 6.45) is 2.62. The SMILES string of the molecule is CC(C)(C)COCCOCCOCCOCCOCCOCCN(C(C)(C)N(CCOCCOCCOCCOC(C)(C)C)C(C)(C)C)C(C)(C)N(CCOCCOCCCOCCOCCOC(C)(C)C)C(C)(C)NCCOCCOCCCCOCCOCCOC(C)(C)C. The van der Waals surface area contributed by atoms with Crippen LogP contribution in [0, 0.1) is 5.41 Å². The summed E-state index contributed by atoms with van der Waals surface area (Å²) in [6.45, 7) is 67.4. The van der Waals surface area contributed by atoms with Gasteiger partial charge in [-0.05, 0) is 149 Å². The van der Waals surface area contributed by atoms with Gasteiger partial charge in [-0.3, -0.25) is 20.0 Å². The Kier molecular flexibility index (Phi) is 56.8. The van der Waals surface area contributed by atoms with E-state index in [0.29, 0.717) is 271 Å². The van der Waals surface area contributed by atoms with E-state index in [9.17, 15) is 0 Å². The molecule has 0 radical (unpaired) electrons.